The first-order chi connectivity index (χ1) is 7.74. The van der Waals surface area contributed by atoms with Crippen LogP contribution in [0.15, 0.2) is 27.4 Å². The fourth-order valence-electron chi connectivity index (χ4n) is 1.75. The Bertz CT molecular complexity index is 421. The summed E-state index contributed by atoms with van der Waals surface area (Å²) < 4.78 is 1.20. The van der Waals surface area contributed by atoms with Crippen LogP contribution < -0.4 is 5.32 Å². The molecule has 0 aliphatic rings. The summed E-state index contributed by atoms with van der Waals surface area (Å²) in [6.45, 7) is 5.31. The predicted molar refractivity (Wildman–Crippen MR) is 76.6 cm³/mol. The molecular formula is C12H14BrNS2. The van der Waals surface area contributed by atoms with Crippen molar-refractivity contribution < 1.29 is 0 Å². The van der Waals surface area contributed by atoms with Gasteiger partial charge in [0, 0.05) is 14.2 Å². The van der Waals surface area contributed by atoms with Gasteiger partial charge in [-0.15, -0.1) is 22.7 Å². The Morgan fingerprint density at radius 1 is 1.31 bits per heavy atom. The Hall–Kier alpha value is -0.160. The van der Waals surface area contributed by atoms with E-state index in [1.807, 2.05) is 11.3 Å². The molecule has 0 amide bonds. The molecule has 0 saturated heterocycles. The molecule has 1 atom stereocenters. The van der Waals surface area contributed by atoms with E-state index in [-0.39, 0.29) is 0 Å². The van der Waals surface area contributed by atoms with Gasteiger partial charge in [0.25, 0.3) is 0 Å². The summed E-state index contributed by atoms with van der Waals surface area (Å²) >= 11 is 7.23. The quantitative estimate of drug-likeness (QED) is 0.870. The van der Waals surface area contributed by atoms with E-state index in [1.165, 1.54) is 19.8 Å². The number of hydrogen-bond donors (Lipinski definition) is 1. The molecule has 2 aromatic heterocycles. The Labute approximate surface area is 113 Å². The molecule has 2 rings (SSSR count). The second kappa shape index (κ2) is 5.45. The van der Waals surface area contributed by atoms with Gasteiger partial charge in [-0.05, 0) is 57.9 Å². The van der Waals surface area contributed by atoms with Crippen molar-refractivity contribution in [3.05, 3.63) is 42.7 Å². The van der Waals surface area contributed by atoms with Gasteiger partial charge in [-0.2, -0.15) is 0 Å². The molecule has 2 heterocycles. The maximum atomic E-state index is 3.62. The lowest BCUT2D eigenvalue weighted by molar-refractivity contribution is 0.637. The van der Waals surface area contributed by atoms with Gasteiger partial charge in [-0.3, -0.25) is 0 Å². The minimum atomic E-state index is 0.325. The highest BCUT2D eigenvalue weighted by atomic mass is 79.9. The molecule has 2 aromatic rings. The third-order valence-electron chi connectivity index (χ3n) is 2.53. The lowest BCUT2D eigenvalue weighted by atomic mass is 10.1. The first-order valence-electron chi connectivity index (χ1n) is 5.24. The zero-order valence-corrected chi connectivity index (χ0v) is 12.5. The summed E-state index contributed by atoms with van der Waals surface area (Å²) in [5.74, 6) is 0. The predicted octanol–water partition coefficient (Wildman–Crippen LogP) is 4.58. The third kappa shape index (κ3) is 2.40. The molecule has 0 aliphatic heterocycles. The number of hydrogen-bond acceptors (Lipinski definition) is 3. The SMILES string of the molecule is CCNC(c1ccsc1C)c1sccc1Br. The minimum Gasteiger partial charge on any atom is -0.306 e. The Morgan fingerprint density at radius 2 is 2.06 bits per heavy atom. The number of nitrogens with one attached hydrogen (secondary N) is 1. The molecule has 0 bridgehead atoms. The van der Waals surface area contributed by atoms with Gasteiger partial charge in [0.1, 0.15) is 0 Å². The number of halogens is 1. The summed E-state index contributed by atoms with van der Waals surface area (Å²) in [7, 11) is 0. The summed E-state index contributed by atoms with van der Waals surface area (Å²) in [6.07, 6.45) is 0. The molecule has 0 spiro atoms. The largest absolute Gasteiger partial charge is 0.306 e. The van der Waals surface area contributed by atoms with E-state index in [0.29, 0.717) is 6.04 Å². The van der Waals surface area contributed by atoms with Gasteiger partial charge < -0.3 is 5.32 Å². The summed E-state index contributed by atoms with van der Waals surface area (Å²) in [4.78, 5) is 2.76. The Balaban J connectivity index is 2.39. The van der Waals surface area contributed by atoms with Crippen LogP contribution in [0.25, 0.3) is 0 Å². The van der Waals surface area contributed by atoms with Crippen LogP contribution in [0.4, 0.5) is 0 Å². The highest BCUT2D eigenvalue weighted by molar-refractivity contribution is 9.10. The third-order valence-corrected chi connectivity index (χ3v) is 5.32. The van der Waals surface area contributed by atoms with Crippen LogP contribution in [0, 0.1) is 6.92 Å². The zero-order valence-electron chi connectivity index (χ0n) is 9.29. The maximum Gasteiger partial charge on any atom is 0.0693 e. The maximum absolute atomic E-state index is 3.62. The van der Waals surface area contributed by atoms with Crippen LogP contribution >= 0.6 is 38.6 Å². The van der Waals surface area contributed by atoms with Crippen molar-refractivity contribution in [1.82, 2.24) is 5.32 Å². The standard InChI is InChI=1S/C12H14BrNS2/c1-3-14-11(9-4-6-15-8(9)2)12-10(13)5-7-16-12/h4-7,11,14H,3H2,1-2H3. The summed E-state index contributed by atoms with van der Waals surface area (Å²) in [5.41, 5.74) is 1.40. The van der Waals surface area contributed by atoms with Crippen LogP contribution in [0.5, 0.6) is 0 Å². The van der Waals surface area contributed by atoms with Crippen molar-refractivity contribution in [2.75, 3.05) is 6.54 Å². The molecule has 1 N–H and O–H groups in total. The number of rotatable bonds is 4. The molecule has 1 unspecified atom stereocenters. The van der Waals surface area contributed by atoms with Crippen molar-refractivity contribution in [3.63, 3.8) is 0 Å². The van der Waals surface area contributed by atoms with Crippen LogP contribution in [-0.4, -0.2) is 6.54 Å². The number of thiophene rings is 2. The average molecular weight is 316 g/mol. The molecule has 16 heavy (non-hydrogen) atoms. The Morgan fingerprint density at radius 3 is 2.56 bits per heavy atom. The fourth-order valence-corrected chi connectivity index (χ4v) is 4.19. The molecular weight excluding hydrogens is 302 g/mol. The molecule has 0 fully saturated rings. The second-order valence-electron chi connectivity index (χ2n) is 3.56. The normalized spacial score (nSPS) is 12.9. The van der Waals surface area contributed by atoms with Gasteiger partial charge >= 0.3 is 0 Å². The summed E-state index contributed by atoms with van der Waals surface area (Å²) in [6, 6.07) is 4.66. The van der Waals surface area contributed by atoms with Crippen LogP contribution in [0.1, 0.15) is 28.3 Å². The smallest absolute Gasteiger partial charge is 0.0693 e. The van der Waals surface area contributed by atoms with Gasteiger partial charge in [0.2, 0.25) is 0 Å². The van der Waals surface area contributed by atoms with Crippen LogP contribution in [0.2, 0.25) is 0 Å². The molecule has 4 heteroatoms. The minimum absolute atomic E-state index is 0.325. The van der Waals surface area contributed by atoms with Gasteiger partial charge in [-0.25, -0.2) is 0 Å². The second-order valence-corrected chi connectivity index (χ2v) is 6.48. The van der Waals surface area contributed by atoms with E-state index >= 15 is 0 Å². The molecule has 86 valence electrons. The van der Waals surface area contributed by atoms with Crippen molar-refractivity contribution in [2.24, 2.45) is 0 Å². The highest BCUT2D eigenvalue weighted by Gasteiger charge is 2.19. The molecule has 0 aliphatic carbocycles. The van der Waals surface area contributed by atoms with E-state index < -0.39 is 0 Å². The first-order valence-corrected chi connectivity index (χ1v) is 7.79. The number of aryl methyl sites for hydroxylation is 1. The van der Waals surface area contributed by atoms with Gasteiger partial charge in [0.15, 0.2) is 0 Å². The molecule has 0 saturated carbocycles. The van der Waals surface area contributed by atoms with Gasteiger partial charge in [0.05, 0.1) is 6.04 Å². The van der Waals surface area contributed by atoms with Crippen molar-refractivity contribution >= 4 is 38.6 Å². The zero-order chi connectivity index (χ0) is 11.5. The fraction of sp³-hybridized carbons (Fsp3) is 0.333. The van der Waals surface area contributed by atoms with E-state index in [9.17, 15) is 0 Å². The van der Waals surface area contributed by atoms with Crippen molar-refractivity contribution in [2.45, 2.75) is 19.9 Å². The van der Waals surface area contributed by atoms with Gasteiger partial charge in [-0.1, -0.05) is 6.92 Å². The van der Waals surface area contributed by atoms with E-state index in [2.05, 4.69) is 58.0 Å². The van der Waals surface area contributed by atoms with Crippen molar-refractivity contribution in [3.8, 4) is 0 Å². The highest BCUT2D eigenvalue weighted by Crippen LogP contribution is 2.35. The lowest BCUT2D eigenvalue weighted by Crippen LogP contribution is -2.21. The van der Waals surface area contributed by atoms with E-state index in [1.54, 1.807) is 11.3 Å². The van der Waals surface area contributed by atoms with Crippen molar-refractivity contribution in [1.29, 1.82) is 0 Å². The monoisotopic (exact) mass is 315 g/mol. The molecule has 0 radical (unpaired) electrons. The summed E-state index contributed by atoms with van der Waals surface area (Å²) in [5, 5.41) is 7.85. The van der Waals surface area contributed by atoms with E-state index in [0.717, 1.165) is 6.54 Å². The first kappa shape index (κ1) is 12.3. The molecule has 0 aromatic carbocycles. The average Bonchev–Trinajstić information content (AvgIpc) is 2.84. The topological polar surface area (TPSA) is 12.0 Å². The molecule has 1 nitrogen and oxygen atoms in total. The Kier molecular flexibility index (Phi) is 4.19. The van der Waals surface area contributed by atoms with Crippen LogP contribution in [0.3, 0.4) is 0 Å². The lowest BCUT2D eigenvalue weighted by Gasteiger charge is -2.17. The van der Waals surface area contributed by atoms with E-state index in [4.69, 9.17) is 0 Å². The van der Waals surface area contributed by atoms with Crippen LogP contribution in [-0.2, 0) is 0 Å².